The normalized spacial score (nSPS) is 19.4. The van der Waals surface area contributed by atoms with Crippen LogP contribution >= 0.6 is 24.0 Å². The van der Waals surface area contributed by atoms with Crippen LogP contribution in [0.15, 0.2) is 52.1 Å². The van der Waals surface area contributed by atoms with Gasteiger partial charge >= 0.3 is 0 Å². The molecule has 1 aromatic heterocycles. The molecular formula is C23H31IN4O3. The van der Waals surface area contributed by atoms with Crippen molar-refractivity contribution >= 4 is 41.5 Å². The molecule has 1 amide bonds. The number of carbonyl (C=O) groups excluding carboxylic acids is 1. The van der Waals surface area contributed by atoms with E-state index in [9.17, 15) is 9.90 Å². The number of nitrogens with zero attached hydrogens (tertiary/aromatic N) is 3. The van der Waals surface area contributed by atoms with Crippen molar-refractivity contribution in [2.45, 2.75) is 38.2 Å². The fraction of sp³-hybridized carbons (Fsp3) is 0.478. The van der Waals surface area contributed by atoms with Crippen LogP contribution in [0.2, 0.25) is 0 Å². The molecule has 0 spiro atoms. The van der Waals surface area contributed by atoms with Crippen LogP contribution in [0, 0.1) is 0 Å². The molecule has 8 heteroatoms. The van der Waals surface area contributed by atoms with E-state index < -0.39 is 6.10 Å². The van der Waals surface area contributed by atoms with Crippen LogP contribution in [-0.2, 0) is 4.79 Å². The number of anilines is 1. The number of fused-ring (bicyclic) bond motifs is 1. The number of nitrogens with one attached hydrogen (secondary N) is 1. The van der Waals surface area contributed by atoms with E-state index in [1.165, 1.54) is 5.56 Å². The van der Waals surface area contributed by atoms with E-state index in [2.05, 4.69) is 28.4 Å². The van der Waals surface area contributed by atoms with Gasteiger partial charge in [0.05, 0.1) is 12.8 Å². The van der Waals surface area contributed by atoms with Gasteiger partial charge in [0.15, 0.2) is 5.96 Å². The number of aliphatic imine (C=N–C) groups is 1. The summed E-state index contributed by atoms with van der Waals surface area (Å²) in [7, 11) is 0. The van der Waals surface area contributed by atoms with Gasteiger partial charge in [0.1, 0.15) is 11.9 Å². The number of benzene rings is 1. The highest BCUT2D eigenvalue weighted by Gasteiger charge is 2.32. The van der Waals surface area contributed by atoms with Crippen LogP contribution in [0.3, 0.4) is 0 Å². The summed E-state index contributed by atoms with van der Waals surface area (Å²) in [6, 6.07) is 11.9. The molecule has 0 bridgehead atoms. The third-order valence-corrected chi connectivity index (χ3v) is 5.87. The van der Waals surface area contributed by atoms with Gasteiger partial charge in [0, 0.05) is 44.2 Å². The second-order valence-electron chi connectivity index (χ2n) is 7.87. The molecule has 2 atom stereocenters. The van der Waals surface area contributed by atoms with Crippen LogP contribution < -0.4 is 10.2 Å². The minimum absolute atomic E-state index is 0. The number of halogens is 1. The van der Waals surface area contributed by atoms with E-state index in [0.717, 1.165) is 50.7 Å². The minimum Gasteiger partial charge on any atom is -0.467 e. The van der Waals surface area contributed by atoms with Crippen molar-refractivity contribution in [1.82, 2.24) is 10.2 Å². The van der Waals surface area contributed by atoms with Crippen LogP contribution in [0.25, 0.3) is 0 Å². The van der Waals surface area contributed by atoms with Gasteiger partial charge in [-0.2, -0.15) is 0 Å². The molecule has 1 fully saturated rings. The Morgan fingerprint density at radius 1 is 1.32 bits per heavy atom. The topological polar surface area (TPSA) is 81.3 Å². The maximum Gasteiger partial charge on any atom is 0.222 e. The predicted molar refractivity (Wildman–Crippen MR) is 132 cm³/mol. The Morgan fingerprint density at radius 3 is 2.87 bits per heavy atom. The predicted octanol–water partition coefficient (Wildman–Crippen LogP) is 3.51. The number of aliphatic hydroxyl groups excluding tert-OH is 1. The maximum absolute atomic E-state index is 12.0. The third kappa shape index (κ3) is 5.41. The lowest BCUT2D eigenvalue weighted by Crippen LogP contribution is -2.41. The summed E-state index contributed by atoms with van der Waals surface area (Å²) in [5.74, 6) is 1.90. The number of hydrogen-bond acceptors (Lipinski definition) is 4. The molecule has 0 aliphatic carbocycles. The average molecular weight is 538 g/mol. The number of hydrogen-bond donors (Lipinski definition) is 2. The average Bonchev–Trinajstić information content (AvgIpc) is 3.50. The number of likely N-dealkylation sites (tertiary alicyclic amines) is 1. The largest absolute Gasteiger partial charge is 0.467 e. The molecule has 31 heavy (non-hydrogen) atoms. The van der Waals surface area contributed by atoms with Gasteiger partial charge in [-0.25, -0.2) is 4.99 Å². The first-order valence-electron chi connectivity index (χ1n) is 10.8. The zero-order valence-electron chi connectivity index (χ0n) is 17.9. The van der Waals surface area contributed by atoms with E-state index in [1.807, 2.05) is 17.9 Å². The van der Waals surface area contributed by atoms with Gasteiger partial charge in [0.25, 0.3) is 0 Å². The van der Waals surface area contributed by atoms with E-state index >= 15 is 0 Å². The Hall–Kier alpha value is -2.07. The van der Waals surface area contributed by atoms with E-state index in [1.54, 1.807) is 18.4 Å². The Morgan fingerprint density at radius 2 is 2.16 bits per heavy atom. The highest BCUT2D eigenvalue weighted by molar-refractivity contribution is 14.0. The second kappa shape index (κ2) is 11.0. The minimum atomic E-state index is -0.775. The first-order chi connectivity index (χ1) is 14.7. The van der Waals surface area contributed by atoms with Crippen molar-refractivity contribution in [2.75, 3.05) is 37.6 Å². The lowest BCUT2D eigenvalue weighted by atomic mass is 9.98. The second-order valence-corrected chi connectivity index (χ2v) is 7.87. The van der Waals surface area contributed by atoms with Crippen LogP contribution in [0.5, 0.6) is 0 Å². The highest BCUT2D eigenvalue weighted by Crippen LogP contribution is 2.38. The van der Waals surface area contributed by atoms with Gasteiger partial charge in [-0.05, 0) is 43.5 Å². The number of para-hydroxylation sites is 1. The summed E-state index contributed by atoms with van der Waals surface area (Å²) in [5.41, 5.74) is 2.43. The standard InChI is InChI=1S/C23H30N4O3.HI/c1-2-24-23(25-15-20(28)21-9-6-14-30-21)27-16-17(18-7-3-4-8-19(18)27)11-13-26-12-5-10-22(26)29;/h3-4,6-9,14,17,20,28H,2,5,10-13,15-16H2,1H3,(H,24,25);1H. The van der Waals surface area contributed by atoms with E-state index in [0.29, 0.717) is 18.1 Å². The number of guanidine groups is 1. The van der Waals surface area contributed by atoms with Gasteiger partial charge in [0.2, 0.25) is 5.91 Å². The van der Waals surface area contributed by atoms with E-state index in [4.69, 9.17) is 9.41 Å². The number of rotatable bonds is 7. The van der Waals surface area contributed by atoms with Crippen molar-refractivity contribution < 1.29 is 14.3 Å². The molecule has 2 unspecified atom stereocenters. The van der Waals surface area contributed by atoms with Crippen LogP contribution in [0.4, 0.5) is 5.69 Å². The van der Waals surface area contributed by atoms with Gasteiger partial charge in [-0.1, -0.05) is 18.2 Å². The zero-order chi connectivity index (χ0) is 20.9. The van der Waals surface area contributed by atoms with Crippen molar-refractivity contribution in [3.8, 4) is 0 Å². The molecule has 2 aromatic rings. The monoisotopic (exact) mass is 538 g/mol. The Bertz CT molecular complexity index is 887. The van der Waals surface area contributed by atoms with E-state index in [-0.39, 0.29) is 36.4 Å². The quantitative estimate of drug-likeness (QED) is 0.321. The van der Waals surface area contributed by atoms with Crippen molar-refractivity contribution in [1.29, 1.82) is 0 Å². The third-order valence-electron chi connectivity index (χ3n) is 5.87. The Kier molecular flexibility index (Phi) is 8.36. The van der Waals surface area contributed by atoms with Crippen molar-refractivity contribution in [3.05, 3.63) is 54.0 Å². The SMILES string of the molecule is CCNC(=NCC(O)c1ccco1)N1CC(CCN2CCCC2=O)c2ccccc21.I. The van der Waals surface area contributed by atoms with Gasteiger partial charge in [-0.15, -0.1) is 24.0 Å². The van der Waals surface area contributed by atoms with Crippen molar-refractivity contribution in [2.24, 2.45) is 4.99 Å². The van der Waals surface area contributed by atoms with Gasteiger partial charge in [-0.3, -0.25) is 4.79 Å². The molecule has 0 radical (unpaired) electrons. The van der Waals surface area contributed by atoms with Gasteiger partial charge < -0.3 is 24.6 Å². The Labute approximate surface area is 200 Å². The molecule has 4 rings (SSSR count). The summed E-state index contributed by atoms with van der Waals surface area (Å²) >= 11 is 0. The number of aliphatic hydroxyl groups is 1. The molecule has 2 N–H and O–H groups in total. The number of carbonyl (C=O) groups is 1. The zero-order valence-corrected chi connectivity index (χ0v) is 20.2. The lowest BCUT2D eigenvalue weighted by Gasteiger charge is -2.23. The molecule has 7 nitrogen and oxygen atoms in total. The van der Waals surface area contributed by atoms with Crippen LogP contribution in [-0.4, -0.2) is 54.6 Å². The molecule has 1 saturated heterocycles. The smallest absolute Gasteiger partial charge is 0.222 e. The fourth-order valence-electron chi connectivity index (χ4n) is 4.33. The highest BCUT2D eigenvalue weighted by atomic mass is 127. The molecule has 1 aromatic carbocycles. The molecule has 168 valence electrons. The lowest BCUT2D eigenvalue weighted by molar-refractivity contribution is -0.127. The maximum atomic E-state index is 12.0. The van der Waals surface area contributed by atoms with Crippen molar-refractivity contribution in [3.63, 3.8) is 0 Å². The fourth-order valence-corrected chi connectivity index (χ4v) is 4.33. The molecular weight excluding hydrogens is 507 g/mol. The number of furan rings is 1. The summed E-state index contributed by atoms with van der Waals surface area (Å²) in [5, 5.41) is 13.7. The summed E-state index contributed by atoms with van der Waals surface area (Å²) in [6.45, 7) is 5.49. The first-order valence-corrected chi connectivity index (χ1v) is 10.8. The summed E-state index contributed by atoms with van der Waals surface area (Å²) < 4.78 is 5.29. The Balaban J connectivity index is 0.00000272. The summed E-state index contributed by atoms with van der Waals surface area (Å²) in [4.78, 5) is 20.9. The molecule has 2 aliphatic rings. The number of amides is 1. The molecule has 0 saturated carbocycles. The molecule has 3 heterocycles. The molecule has 2 aliphatic heterocycles. The first kappa shape index (κ1) is 23.6. The summed E-state index contributed by atoms with van der Waals surface area (Å²) in [6.07, 6.45) is 3.38. The van der Waals surface area contributed by atoms with Crippen LogP contribution in [0.1, 0.15) is 49.5 Å².